The van der Waals surface area contributed by atoms with Gasteiger partial charge in [0.1, 0.15) is 23.4 Å². The molecule has 5 amide bonds. The number of benzene rings is 2. The maximum Gasteiger partial charge on any atom is 0.407 e. The Morgan fingerprint density at radius 3 is 2.32 bits per heavy atom. The van der Waals surface area contributed by atoms with Gasteiger partial charge in [0.2, 0.25) is 23.5 Å². The number of aryl methyl sites for hydroxylation is 1. The number of pyridine rings is 1. The number of hydrogen-bond donors (Lipinski definition) is 6. The zero-order valence-electron chi connectivity index (χ0n) is 32.7. The van der Waals surface area contributed by atoms with Gasteiger partial charge in [-0.3, -0.25) is 24.2 Å². The summed E-state index contributed by atoms with van der Waals surface area (Å²) in [6.07, 6.45) is 5.60. The number of ether oxygens (including phenoxy) is 1. The van der Waals surface area contributed by atoms with Crippen LogP contribution in [-0.2, 0) is 25.5 Å². The van der Waals surface area contributed by atoms with Crippen LogP contribution in [-0.4, -0.2) is 86.1 Å². The quantitative estimate of drug-likeness (QED) is 0.120. The Balaban J connectivity index is 1.10. The van der Waals surface area contributed by atoms with E-state index < -0.39 is 29.7 Å². The van der Waals surface area contributed by atoms with Crippen molar-refractivity contribution in [3.05, 3.63) is 77.6 Å². The average molecular weight is 779 g/mol. The minimum absolute atomic E-state index is 0.187. The minimum Gasteiger partial charge on any atom is -0.444 e. The van der Waals surface area contributed by atoms with E-state index in [0.29, 0.717) is 43.9 Å². The van der Waals surface area contributed by atoms with Crippen LogP contribution in [0.1, 0.15) is 80.9 Å². The van der Waals surface area contributed by atoms with E-state index in [4.69, 9.17) is 4.74 Å². The Labute approximate surface area is 331 Å². The van der Waals surface area contributed by atoms with Gasteiger partial charge in [0.25, 0.3) is 5.91 Å². The molecule has 6 N–H and O–H groups in total. The summed E-state index contributed by atoms with van der Waals surface area (Å²) in [4.78, 5) is 69.0. The van der Waals surface area contributed by atoms with Crippen molar-refractivity contribution < 1.29 is 28.7 Å². The molecule has 1 aliphatic carbocycles. The predicted octanol–water partition coefficient (Wildman–Crippen LogP) is 4.24. The molecule has 2 aliphatic rings. The Morgan fingerprint density at radius 1 is 0.947 bits per heavy atom. The number of amides is 5. The molecule has 1 saturated carbocycles. The number of alkyl carbamates (subject to hydrolysis) is 1. The van der Waals surface area contributed by atoms with Crippen molar-refractivity contribution >= 4 is 35.4 Å². The third kappa shape index (κ3) is 11.2. The SMILES string of the molecule is Cc1cc(C(=O)NC2CCCNC2=O)ncc1-c1ccc(CC(NC(=O)C2CCC(CNC(=O)OC(C)(C)C)CC2)C(=O)Nc2ccc(-c3nn[nH]n3)cc2)cc1. The van der Waals surface area contributed by atoms with Gasteiger partial charge in [0.15, 0.2) is 0 Å². The van der Waals surface area contributed by atoms with Gasteiger partial charge in [-0.25, -0.2) is 4.79 Å². The summed E-state index contributed by atoms with van der Waals surface area (Å²) in [5.41, 5.74) is 4.28. The van der Waals surface area contributed by atoms with Gasteiger partial charge in [0.05, 0.1) is 0 Å². The van der Waals surface area contributed by atoms with Crippen LogP contribution in [0.3, 0.4) is 0 Å². The molecule has 3 heterocycles. The molecule has 0 bridgehead atoms. The van der Waals surface area contributed by atoms with Crippen LogP contribution >= 0.6 is 0 Å². The Morgan fingerprint density at radius 2 is 1.67 bits per heavy atom. The number of aromatic amines is 1. The van der Waals surface area contributed by atoms with Gasteiger partial charge in [-0.15, -0.1) is 10.2 Å². The topological polar surface area (TPSA) is 222 Å². The van der Waals surface area contributed by atoms with E-state index in [-0.39, 0.29) is 41.7 Å². The molecule has 16 nitrogen and oxygen atoms in total. The molecule has 300 valence electrons. The molecule has 57 heavy (non-hydrogen) atoms. The lowest BCUT2D eigenvalue weighted by molar-refractivity contribution is -0.130. The molecule has 2 aromatic carbocycles. The summed E-state index contributed by atoms with van der Waals surface area (Å²) in [5.74, 6) is -0.760. The van der Waals surface area contributed by atoms with Crippen molar-refractivity contribution in [3.8, 4) is 22.5 Å². The summed E-state index contributed by atoms with van der Waals surface area (Å²) in [6, 6.07) is 14.9. The number of nitrogens with one attached hydrogen (secondary N) is 6. The van der Waals surface area contributed by atoms with E-state index in [1.165, 1.54) is 0 Å². The second kappa shape index (κ2) is 18.2. The monoisotopic (exact) mass is 778 g/mol. The highest BCUT2D eigenvalue weighted by Crippen LogP contribution is 2.29. The highest BCUT2D eigenvalue weighted by Gasteiger charge is 2.31. The van der Waals surface area contributed by atoms with E-state index in [2.05, 4.69) is 52.2 Å². The number of tetrazole rings is 1. The van der Waals surface area contributed by atoms with Crippen LogP contribution in [0.25, 0.3) is 22.5 Å². The number of carbonyl (C=O) groups excluding carboxylic acids is 5. The molecule has 16 heteroatoms. The van der Waals surface area contributed by atoms with Crippen LogP contribution in [0.2, 0.25) is 0 Å². The van der Waals surface area contributed by atoms with E-state index in [1.807, 2.05) is 52.0 Å². The highest BCUT2D eigenvalue weighted by molar-refractivity contribution is 5.98. The molecule has 1 aliphatic heterocycles. The first-order valence-corrected chi connectivity index (χ1v) is 19.4. The largest absolute Gasteiger partial charge is 0.444 e. The van der Waals surface area contributed by atoms with Gasteiger partial charge < -0.3 is 31.3 Å². The fraction of sp³-hybridized carbons (Fsp3) is 0.439. The van der Waals surface area contributed by atoms with Gasteiger partial charge in [-0.1, -0.05) is 24.3 Å². The van der Waals surface area contributed by atoms with Crippen molar-refractivity contribution in [1.29, 1.82) is 0 Å². The lowest BCUT2D eigenvalue weighted by Gasteiger charge is -2.29. The maximum absolute atomic E-state index is 13.8. The average Bonchev–Trinajstić information content (AvgIpc) is 3.73. The Bertz CT molecular complexity index is 2040. The first kappa shape index (κ1) is 40.5. The molecule has 0 spiro atoms. The van der Waals surface area contributed by atoms with Crippen molar-refractivity contribution in [1.82, 2.24) is 46.9 Å². The first-order valence-electron chi connectivity index (χ1n) is 19.4. The number of H-pyrrole nitrogens is 1. The third-order valence-electron chi connectivity index (χ3n) is 10.2. The summed E-state index contributed by atoms with van der Waals surface area (Å²) in [5, 5.41) is 28.4. The predicted molar refractivity (Wildman–Crippen MR) is 211 cm³/mol. The minimum atomic E-state index is -0.876. The van der Waals surface area contributed by atoms with Crippen LogP contribution in [0.15, 0.2) is 60.8 Å². The number of piperidine rings is 1. The van der Waals surface area contributed by atoms with Gasteiger partial charge in [-0.2, -0.15) is 5.21 Å². The molecule has 1 saturated heterocycles. The lowest BCUT2D eigenvalue weighted by atomic mass is 9.81. The highest BCUT2D eigenvalue weighted by atomic mass is 16.6. The normalized spacial score (nSPS) is 18.7. The van der Waals surface area contributed by atoms with Crippen LogP contribution in [0.4, 0.5) is 10.5 Å². The zero-order valence-corrected chi connectivity index (χ0v) is 32.7. The standard InChI is InChI=1S/C41H50N10O6/c1-24-20-33(38(54)46-32-6-5-19-42-37(32)53)43-23-31(24)27-11-7-25(8-12-27)21-34(39(55)45-30-17-15-28(16-18-30)35-48-50-51-49-35)47-36(52)29-13-9-26(10-14-29)22-44-40(56)57-41(2,3)4/h7-8,11-12,15-18,20,23,26,29,32,34H,5-6,9-10,13-14,19,21-22H2,1-4H3,(H,42,53)(H,44,56)(H,45,55)(H,46,54)(H,47,52)(H,48,49,50,51). The molecular weight excluding hydrogens is 729 g/mol. The Kier molecular flexibility index (Phi) is 12.9. The van der Waals surface area contributed by atoms with Crippen molar-refractivity contribution in [2.24, 2.45) is 11.8 Å². The molecule has 2 unspecified atom stereocenters. The molecule has 2 atom stereocenters. The molecule has 4 aromatic rings. The second-order valence-corrected chi connectivity index (χ2v) is 15.7. The third-order valence-corrected chi connectivity index (χ3v) is 10.2. The van der Waals surface area contributed by atoms with Gasteiger partial charge in [0, 0.05) is 48.4 Å². The van der Waals surface area contributed by atoms with E-state index in [9.17, 15) is 24.0 Å². The molecule has 2 fully saturated rings. The smallest absolute Gasteiger partial charge is 0.407 e. The molecular formula is C41H50N10O6. The summed E-state index contributed by atoms with van der Waals surface area (Å²) >= 11 is 0. The number of rotatable bonds is 12. The van der Waals surface area contributed by atoms with E-state index >= 15 is 0 Å². The number of carbonyl (C=O) groups is 5. The fourth-order valence-corrected chi connectivity index (χ4v) is 7.07. The number of aromatic nitrogens is 5. The van der Waals surface area contributed by atoms with Crippen molar-refractivity contribution in [3.63, 3.8) is 0 Å². The van der Waals surface area contributed by atoms with Crippen LogP contribution in [0, 0.1) is 18.8 Å². The number of anilines is 1. The van der Waals surface area contributed by atoms with Crippen LogP contribution < -0.4 is 26.6 Å². The van der Waals surface area contributed by atoms with Crippen molar-refractivity contribution in [2.75, 3.05) is 18.4 Å². The van der Waals surface area contributed by atoms with Gasteiger partial charge >= 0.3 is 6.09 Å². The number of nitrogens with zero attached hydrogens (tertiary/aromatic N) is 4. The van der Waals surface area contributed by atoms with E-state index in [0.717, 1.165) is 47.1 Å². The molecule has 6 rings (SSSR count). The van der Waals surface area contributed by atoms with Crippen molar-refractivity contribution in [2.45, 2.75) is 90.3 Å². The molecule has 0 radical (unpaired) electrons. The van der Waals surface area contributed by atoms with Gasteiger partial charge in [-0.05, 0) is 124 Å². The lowest BCUT2D eigenvalue weighted by Crippen LogP contribution is -2.50. The van der Waals surface area contributed by atoms with E-state index in [1.54, 1.807) is 36.5 Å². The van der Waals surface area contributed by atoms with Crippen LogP contribution in [0.5, 0.6) is 0 Å². The maximum atomic E-state index is 13.8. The zero-order chi connectivity index (χ0) is 40.5. The first-order chi connectivity index (χ1) is 27.3. The number of hydrogen-bond acceptors (Lipinski definition) is 10. The summed E-state index contributed by atoms with van der Waals surface area (Å²) < 4.78 is 5.35. The summed E-state index contributed by atoms with van der Waals surface area (Å²) in [6.45, 7) is 8.43. The molecule has 2 aromatic heterocycles. The Hall–Kier alpha value is -6.19. The summed E-state index contributed by atoms with van der Waals surface area (Å²) in [7, 11) is 0. The second-order valence-electron chi connectivity index (χ2n) is 15.7. The fourth-order valence-electron chi connectivity index (χ4n) is 7.07.